The van der Waals surface area contributed by atoms with Crippen molar-refractivity contribution in [2.45, 2.75) is 25.4 Å². The van der Waals surface area contributed by atoms with E-state index in [9.17, 15) is 9.18 Å². The van der Waals surface area contributed by atoms with Crippen LogP contribution in [0.2, 0.25) is 0 Å². The molecule has 11 heteroatoms. The summed E-state index contributed by atoms with van der Waals surface area (Å²) >= 11 is 0. The number of imidazole rings is 1. The van der Waals surface area contributed by atoms with Crippen LogP contribution in [0.4, 0.5) is 10.2 Å². The molecule has 1 aliphatic carbocycles. The van der Waals surface area contributed by atoms with Gasteiger partial charge in [-0.1, -0.05) is 6.07 Å². The number of hydrogen-bond acceptors (Lipinski definition) is 6. The van der Waals surface area contributed by atoms with E-state index in [1.807, 2.05) is 29.8 Å². The van der Waals surface area contributed by atoms with Crippen LogP contribution >= 0.6 is 0 Å². The predicted octanol–water partition coefficient (Wildman–Crippen LogP) is 3.16. The van der Waals surface area contributed by atoms with Crippen molar-refractivity contribution in [3.05, 3.63) is 72.2 Å². The summed E-state index contributed by atoms with van der Waals surface area (Å²) in [6.45, 7) is 0.493. The highest BCUT2D eigenvalue weighted by atomic mass is 19.1. The number of aromatic amines is 1. The topological polar surface area (TPSA) is 118 Å². The van der Waals surface area contributed by atoms with Crippen molar-refractivity contribution >= 4 is 17.4 Å². The number of anilines is 1. The fraction of sp³-hybridized carbons (Fsp3) is 0.208. The van der Waals surface area contributed by atoms with E-state index >= 15 is 0 Å². The summed E-state index contributed by atoms with van der Waals surface area (Å²) in [5.41, 5.74) is 4.23. The van der Waals surface area contributed by atoms with Crippen LogP contribution in [0.25, 0.3) is 28.3 Å². The number of carbonyl (C=O) groups excluding carboxylic acids is 1. The zero-order valence-corrected chi connectivity index (χ0v) is 18.9. The van der Waals surface area contributed by atoms with Gasteiger partial charge in [-0.3, -0.25) is 19.0 Å². The molecule has 0 aliphatic heterocycles. The minimum Gasteiger partial charge on any atom is -0.361 e. The zero-order chi connectivity index (χ0) is 23.9. The third kappa shape index (κ3) is 4.01. The number of H-pyrrole nitrogens is 1. The van der Waals surface area contributed by atoms with Crippen molar-refractivity contribution < 1.29 is 9.18 Å². The van der Waals surface area contributed by atoms with Gasteiger partial charge in [0.15, 0.2) is 11.5 Å². The molecule has 176 valence electrons. The summed E-state index contributed by atoms with van der Waals surface area (Å²) in [4.78, 5) is 21.6. The van der Waals surface area contributed by atoms with Gasteiger partial charge in [-0.2, -0.15) is 10.2 Å². The Morgan fingerprint density at radius 1 is 1.23 bits per heavy atom. The number of amides is 1. The normalized spacial score (nSPS) is 13.3. The van der Waals surface area contributed by atoms with E-state index in [2.05, 4.69) is 30.9 Å². The van der Waals surface area contributed by atoms with Gasteiger partial charge in [0.05, 0.1) is 35.4 Å². The number of nitrogens with zero attached hydrogens (tertiary/aromatic N) is 6. The SMILES string of the molecule is Cn1nccc1CNc1nc(-c2ccn[nH]2)cn2c(-c3ccc(C(=O)NC4CC4)c(F)c3)cnc12. The van der Waals surface area contributed by atoms with Gasteiger partial charge in [-0.05, 0) is 37.1 Å². The molecule has 1 saturated carbocycles. The average Bonchev–Trinajstić information content (AvgIpc) is 3.22. The molecular formula is C24H22FN9O. The fourth-order valence-corrected chi connectivity index (χ4v) is 3.95. The van der Waals surface area contributed by atoms with Crippen molar-refractivity contribution in [2.75, 3.05) is 5.32 Å². The lowest BCUT2D eigenvalue weighted by Crippen LogP contribution is -2.26. The molecule has 10 nitrogen and oxygen atoms in total. The number of fused-ring (bicyclic) bond motifs is 1. The Kier molecular flexibility index (Phi) is 5.02. The molecule has 0 radical (unpaired) electrons. The van der Waals surface area contributed by atoms with Gasteiger partial charge < -0.3 is 10.6 Å². The number of rotatable bonds is 7. The summed E-state index contributed by atoms with van der Waals surface area (Å²) in [5, 5.41) is 17.3. The van der Waals surface area contributed by atoms with E-state index in [4.69, 9.17) is 4.98 Å². The molecule has 1 aliphatic rings. The quantitative estimate of drug-likeness (QED) is 0.336. The van der Waals surface area contributed by atoms with Crippen LogP contribution in [0.1, 0.15) is 28.9 Å². The smallest absolute Gasteiger partial charge is 0.254 e. The number of nitrogens with one attached hydrogen (secondary N) is 3. The monoisotopic (exact) mass is 471 g/mol. The highest BCUT2D eigenvalue weighted by Gasteiger charge is 2.25. The first-order valence-corrected chi connectivity index (χ1v) is 11.3. The third-order valence-corrected chi connectivity index (χ3v) is 6.05. The average molecular weight is 472 g/mol. The number of halogens is 1. The van der Waals surface area contributed by atoms with Gasteiger partial charge in [-0.15, -0.1) is 0 Å². The van der Waals surface area contributed by atoms with E-state index in [1.165, 1.54) is 12.1 Å². The number of aryl methyl sites for hydroxylation is 1. The second kappa shape index (κ2) is 8.35. The molecule has 4 aromatic heterocycles. The summed E-state index contributed by atoms with van der Waals surface area (Å²) in [5.74, 6) is -0.402. The molecule has 5 aromatic rings. The maximum absolute atomic E-state index is 14.9. The first kappa shape index (κ1) is 21.0. The molecule has 35 heavy (non-hydrogen) atoms. The lowest BCUT2D eigenvalue weighted by atomic mass is 10.1. The van der Waals surface area contributed by atoms with E-state index in [-0.39, 0.29) is 17.5 Å². The zero-order valence-electron chi connectivity index (χ0n) is 18.9. The van der Waals surface area contributed by atoms with Crippen LogP contribution < -0.4 is 10.6 Å². The minimum atomic E-state index is -0.576. The van der Waals surface area contributed by atoms with Crippen LogP contribution in [0.5, 0.6) is 0 Å². The van der Waals surface area contributed by atoms with Crippen LogP contribution in [-0.4, -0.2) is 46.3 Å². The summed E-state index contributed by atoms with van der Waals surface area (Å²) < 4.78 is 18.6. The van der Waals surface area contributed by atoms with E-state index in [0.717, 1.165) is 24.2 Å². The lowest BCUT2D eigenvalue weighted by Gasteiger charge is -2.11. The van der Waals surface area contributed by atoms with E-state index in [1.54, 1.807) is 29.3 Å². The minimum absolute atomic E-state index is 0.0350. The molecule has 0 saturated heterocycles. The van der Waals surface area contributed by atoms with Crippen molar-refractivity contribution in [1.29, 1.82) is 0 Å². The number of hydrogen-bond donors (Lipinski definition) is 3. The Hall–Kier alpha value is -4.54. The highest BCUT2D eigenvalue weighted by molar-refractivity contribution is 5.95. The number of benzene rings is 1. The Morgan fingerprint density at radius 3 is 2.83 bits per heavy atom. The van der Waals surface area contributed by atoms with Crippen molar-refractivity contribution in [3.8, 4) is 22.6 Å². The largest absolute Gasteiger partial charge is 0.361 e. The van der Waals surface area contributed by atoms with E-state index < -0.39 is 5.82 Å². The third-order valence-electron chi connectivity index (χ3n) is 6.05. The Bertz CT molecular complexity index is 1530. The van der Waals surface area contributed by atoms with Gasteiger partial charge in [0.2, 0.25) is 0 Å². The molecule has 1 fully saturated rings. The van der Waals surface area contributed by atoms with Gasteiger partial charge in [0.25, 0.3) is 5.91 Å². The predicted molar refractivity (Wildman–Crippen MR) is 127 cm³/mol. The van der Waals surface area contributed by atoms with Gasteiger partial charge in [0.1, 0.15) is 11.5 Å². The van der Waals surface area contributed by atoms with Gasteiger partial charge in [0, 0.05) is 37.2 Å². The molecule has 4 heterocycles. The first-order chi connectivity index (χ1) is 17.1. The number of carbonyl (C=O) groups is 1. The summed E-state index contributed by atoms with van der Waals surface area (Å²) in [7, 11) is 1.87. The molecule has 0 spiro atoms. The maximum Gasteiger partial charge on any atom is 0.254 e. The fourth-order valence-electron chi connectivity index (χ4n) is 3.95. The standard InChI is InChI=1S/C24H22FN9O/c1-33-16(6-9-29-33)11-26-22-23-27-12-21(34(23)13-20(31-22)19-7-8-28-32-19)14-2-5-17(18(25)10-14)24(35)30-15-3-4-15/h2,5-10,12-13,15H,3-4,11H2,1H3,(H,26,31)(H,28,32)(H,30,35). The maximum atomic E-state index is 14.9. The summed E-state index contributed by atoms with van der Waals surface area (Å²) in [6.07, 6.45) is 8.76. The molecule has 0 atom stereocenters. The highest BCUT2D eigenvalue weighted by Crippen LogP contribution is 2.29. The van der Waals surface area contributed by atoms with Crippen molar-refractivity contribution in [2.24, 2.45) is 7.05 Å². The lowest BCUT2D eigenvalue weighted by molar-refractivity contribution is 0.0947. The second-order valence-electron chi connectivity index (χ2n) is 8.52. The van der Waals surface area contributed by atoms with E-state index in [0.29, 0.717) is 35.0 Å². The molecule has 0 unspecified atom stereocenters. The van der Waals surface area contributed by atoms with Crippen molar-refractivity contribution in [3.63, 3.8) is 0 Å². The van der Waals surface area contributed by atoms with Crippen LogP contribution in [0.15, 0.2) is 55.1 Å². The van der Waals surface area contributed by atoms with Gasteiger partial charge in [-0.25, -0.2) is 14.4 Å². The Labute approximate surface area is 199 Å². The Morgan fingerprint density at radius 2 is 2.11 bits per heavy atom. The van der Waals surface area contributed by atoms with Crippen LogP contribution in [0.3, 0.4) is 0 Å². The Balaban J connectivity index is 1.40. The first-order valence-electron chi connectivity index (χ1n) is 11.3. The molecule has 1 aromatic carbocycles. The second-order valence-corrected chi connectivity index (χ2v) is 8.52. The van der Waals surface area contributed by atoms with Gasteiger partial charge >= 0.3 is 0 Å². The molecule has 6 rings (SSSR count). The summed E-state index contributed by atoms with van der Waals surface area (Å²) in [6, 6.07) is 8.51. The molecule has 0 bridgehead atoms. The van der Waals surface area contributed by atoms with Crippen LogP contribution in [0, 0.1) is 5.82 Å². The molecule has 1 amide bonds. The number of aromatic nitrogens is 7. The van der Waals surface area contributed by atoms with Crippen molar-refractivity contribution in [1.82, 2.24) is 39.7 Å². The molecular weight excluding hydrogens is 449 g/mol. The van der Waals surface area contributed by atoms with Crippen LogP contribution in [-0.2, 0) is 13.6 Å². The molecule has 3 N–H and O–H groups in total.